The van der Waals surface area contributed by atoms with Crippen molar-refractivity contribution in [1.82, 2.24) is 4.90 Å². The first-order chi connectivity index (χ1) is 15.2. The van der Waals surface area contributed by atoms with Crippen molar-refractivity contribution in [2.75, 3.05) is 31.5 Å². The summed E-state index contributed by atoms with van der Waals surface area (Å²) < 4.78 is 0. The van der Waals surface area contributed by atoms with Crippen LogP contribution in [-0.2, 0) is 6.42 Å². The Labute approximate surface area is 225 Å². The van der Waals surface area contributed by atoms with Gasteiger partial charge in [0.15, 0.2) is 0 Å². The van der Waals surface area contributed by atoms with Crippen LogP contribution >= 0.6 is 37.2 Å². The summed E-state index contributed by atoms with van der Waals surface area (Å²) in [5.41, 5.74) is 9.12. The number of benzene rings is 2. The Morgan fingerprint density at radius 2 is 1.53 bits per heavy atom. The number of likely N-dealkylation sites (tertiary alicyclic amines) is 1. The molecule has 0 radical (unpaired) electrons. The van der Waals surface area contributed by atoms with Crippen molar-refractivity contribution in [3.8, 4) is 0 Å². The number of hydrogen-bond donors (Lipinski definition) is 3. The van der Waals surface area contributed by atoms with Gasteiger partial charge in [-0.05, 0) is 87.8 Å². The van der Waals surface area contributed by atoms with E-state index in [9.17, 15) is 5.11 Å². The van der Waals surface area contributed by atoms with Gasteiger partial charge in [0.25, 0.3) is 0 Å². The van der Waals surface area contributed by atoms with Gasteiger partial charge in [-0.1, -0.05) is 55.3 Å². The Kier molecular flexibility index (Phi) is 17.7. The SMILES string of the molecule is C[C@H]([C@H](O)c1ccc(NCCCCCCN)cc1)N1CCC(Cc2ccccc2)CC1.Cl.Cl.Cl. The lowest BCUT2D eigenvalue weighted by Crippen LogP contribution is -2.43. The second-order valence-corrected chi connectivity index (χ2v) is 9.11. The first-order valence-corrected chi connectivity index (χ1v) is 12.2. The molecule has 2 aromatic carbocycles. The molecular weight excluding hydrogens is 489 g/mol. The number of halogens is 3. The predicted octanol–water partition coefficient (Wildman–Crippen LogP) is 6.26. The third-order valence-electron chi connectivity index (χ3n) is 6.76. The van der Waals surface area contributed by atoms with Crippen LogP contribution in [0.2, 0.25) is 0 Å². The van der Waals surface area contributed by atoms with Gasteiger partial charge in [0.05, 0.1) is 6.10 Å². The molecule has 1 fully saturated rings. The van der Waals surface area contributed by atoms with Crippen molar-refractivity contribution in [1.29, 1.82) is 0 Å². The van der Waals surface area contributed by atoms with E-state index in [1.807, 2.05) is 0 Å². The van der Waals surface area contributed by atoms with Gasteiger partial charge in [-0.15, -0.1) is 37.2 Å². The molecule has 1 saturated heterocycles. The average Bonchev–Trinajstić information content (AvgIpc) is 2.82. The number of aliphatic hydroxyl groups is 1. The molecule has 0 saturated carbocycles. The highest BCUT2D eigenvalue weighted by Gasteiger charge is 2.27. The highest BCUT2D eigenvalue weighted by molar-refractivity contribution is 5.86. The summed E-state index contributed by atoms with van der Waals surface area (Å²) in [6.07, 6.45) is 7.87. The topological polar surface area (TPSA) is 61.5 Å². The van der Waals surface area contributed by atoms with E-state index in [-0.39, 0.29) is 43.3 Å². The van der Waals surface area contributed by atoms with Crippen LogP contribution in [-0.4, -0.2) is 42.2 Å². The largest absolute Gasteiger partial charge is 0.387 e. The van der Waals surface area contributed by atoms with Crippen molar-refractivity contribution >= 4 is 42.9 Å². The third-order valence-corrected chi connectivity index (χ3v) is 6.76. The fraction of sp³-hybridized carbons (Fsp3) is 0.556. The molecule has 0 aromatic heterocycles. The molecule has 4 nitrogen and oxygen atoms in total. The van der Waals surface area contributed by atoms with Gasteiger partial charge >= 0.3 is 0 Å². The van der Waals surface area contributed by atoms with Crippen LogP contribution in [0.1, 0.15) is 62.7 Å². The Bertz CT molecular complexity index is 741. The highest BCUT2D eigenvalue weighted by Crippen LogP contribution is 2.28. The molecule has 7 heteroatoms. The molecule has 0 aliphatic carbocycles. The maximum Gasteiger partial charge on any atom is 0.0942 e. The minimum absolute atomic E-state index is 0. The van der Waals surface area contributed by atoms with Gasteiger partial charge < -0.3 is 16.2 Å². The molecule has 0 amide bonds. The third kappa shape index (κ3) is 10.7. The van der Waals surface area contributed by atoms with E-state index in [2.05, 4.69) is 71.7 Å². The number of nitrogens with two attached hydrogens (primary N) is 1. The van der Waals surface area contributed by atoms with E-state index in [0.29, 0.717) is 0 Å². The van der Waals surface area contributed by atoms with Crippen LogP contribution in [0, 0.1) is 5.92 Å². The number of hydrogen-bond acceptors (Lipinski definition) is 4. The molecule has 34 heavy (non-hydrogen) atoms. The van der Waals surface area contributed by atoms with Crippen LogP contribution in [0.3, 0.4) is 0 Å². The van der Waals surface area contributed by atoms with Crippen LogP contribution in [0.15, 0.2) is 54.6 Å². The smallest absolute Gasteiger partial charge is 0.0942 e. The number of anilines is 1. The fourth-order valence-corrected chi connectivity index (χ4v) is 4.64. The number of nitrogens with one attached hydrogen (secondary N) is 1. The van der Waals surface area contributed by atoms with Crippen molar-refractivity contribution in [2.45, 2.75) is 64.0 Å². The molecule has 4 N–H and O–H groups in total. The highest BCUT2D eigenvalue weighted by atomic mass is 35.5. The Morgan fingerprint density at radius 3 is 2.15 bits per heavy atom. The van der Waals surface area contributed by atoms with Gasteiger partial charge in [0.2, 0.25) is 0 Å². The lowest BCUT2D eigenvalue weighted by molar-refractivity contribution is 0.0373. The maximum atomic E-state index is 11.0. The van der Waals surface area contributed by atoms with Crippen LogP contribution < -0.4 is 11.1 Å². The van der Waals surface area contributed by atoms with Crippen molar-refractivity contribution in [2.24, 2.45) is 11.7 Å². The van der Waals surface area contributed by atoms with Crippen molar-refractivity contribution in [3.05, 3.63) is 65.7 Å². The number of nitrogens with zero attached hydrogens (tertiary/aromatic N) is 1. The van der Waals surface area contributed by atoms with Crippen molar-refractivity contribution in [3.63, 3.8) is 0 Å². The van der Waals surface area contributed by atoms with E-state index < -0.39 is 6.10 Å². The minimum atomic E-state index is -0.448. The second kappa shape index (κ2) is 18.3. The summed E-state index contributed by atoms with van der Waals surface area (Å²) in [5, 5.41) is 14.4. The molecule has 1 heterocycles. The summed E-state index contributed by atoms with van der Waals surface area (Å²) in [7, 11) is 0. The predicted molar refractivity (Wildman–Crippen MR) is 153 cm³/mol. The minimum Gasteiger partial charge on any atom is -0.387 e. The molecule has 2 aromatic rings. The van der Waals surface area contributed by atoms with Gasteiger partial charge in [-0.3, -0.25) is 4.90 Å². The molecule has 194 valence electrons. The number of unbranched alkanes of at least 4 members (excludes halogenated alkanes) is 3. The normalized spacial score (nSPS) is 15.9. The van der Waals surface area contributed by atoms with E-state index in [1.165, 1.54) is 44.1 Å². The van der Waals surface area contributed by atoms with Crippen LogP contribution in [0.25, 0.3) is 0 Å². The standard InChI is InChI=1S/C27H41N3O.3ClH/c1-22(30-19-15-24(16-20-30)21-23-9-5-4-6-10-23)27(31)25-11-13-26(14-12-25)29-18-8-3-2-7-17-28;;;/h4-6,9-14,22,24,27,29,31H,2-3,7-8,15-21,28H2,1H3;3*1H/t22-,27+;;;/m1.../s1. The number of rotatable bonds is 12. The Balaban J connectivity index is 0.00000363. The second-order valence-electron chi connectivity index (χ2n) is 9.11. The molecule has 0 bridgehead atoms. The molecule has 0 unspecified atom stereocenters. The fourth-order valence-electron chi connectivity index (χ4n) is 4.64. The quantitative estimate of drug-likeness (QED) is 0.282. The van der Waals surface area contributed by atoms with E-state index >= 15 is 0 Å². The van der Waals surface area contributed by atoms with E-state index in [1.54, 1.807) is 0 Å². The van der Waals surface area contributed by atoms with Crippen LogP contribution in [0.4, 0.5) is 5.69 Å². The monoisotopic (exact) mass is 531 g/mol. The summed E-state index contributed by atoms with van der Waals surface area (Å²) in [4.78, 5) is 2.46. The zero-order valence-corrected chi connectivity index (χ0v) is 22.9. The van der Waals surface area contributed by atoms with Gasteiger partial charge in [-0.2, -0.15) is 0 Å². The lowest BCUT2D eigenvalue weighted by atomic mass is 9.89. The van der Waals surface area contributed by atoms with Gasteiger partial charge in [0.1, 0.15) is 0 Å². The molecule has 3 rings (SSSR count). The van der Waals surface area contributed by atoms with Gasteiger partial charge in [0, 0.05) is 18.3 Å². The zero-order valence-electron chi connectivity index (χ0n) is 20.4. The number of aliphatic hydroxyl groups excluding tert-OH is 1. The Hall–Kier alpha value is -1.01. The molecular formula is C27H44Cl3N3O. The molecule has 1 aliphatic heterocycles. The summed E-state index contributed by atoms with van der Waals surface area (Å²) in [6.45, 7) is 6.08. The molecule has 2 atom stereocenters. The van der Waals surface area contributed by atoms with E-state index in [4.69, 9.17) is 5.73 Å². The van der Waals surface area contributed by atoms with Crippen LogP contribution in [0.5, 0.6) is 0 Å². The Morgan fingerprint density at radius 1 is 0.912 bits per heavy atom. The van der Waals surface area contributed by atoms with E-state index in [0.717, 1.165) is 49.8 Å². The first-order valence-electron chi connectivity index (χ1n) is 12.2. The molecule has 1 aliphatic rings. The molecule has 0 spiro atoms. The van der Waals surface area contributed by atoms with Gasteiger partial charge in [-0.25, -0.2) is 0 Å². The summed E-state index contributed by atoms with van der Waals surface area (Å²) in [6, 6.07) is 19.3. The summed E-state index contributed by atoms with van der Waals surface area (Å²) in [5.74, 6) is 0.753. The summed E-state index contributed by atoms with van der Waals surface area (Å²) >= 11 is 0. The number of piperidine rings is 1. The first kappa shape index (κ1) is 33.0. The average molecular weight is 533 g/mol. The zero-order chi connectivity index (χ0) is 21.9. The maximum absolute atomic E-state index is 11.0. The van der Waals surface area contributed by atoms with Crippen molar-refractivity contribution < 1.29 is 5.11 Å². The lowest BCUT2D eigenvalue weighted by Gasteiger charge is -2.38.